The SMILES string of the molecule is NC(=O)CN1CC2(CCC1=O)C(=O)Nc1ccccc12. The summed E-state index contributed by atoms with van der Waals surface area (Å²) in [5, 5.41) is 2.85. The summed E-state index contributed by atoms with van der Waals surface area (Å²) in [5.41, 5.74) is 6.10. The summed E-state index contributed by atoms with van der Waals surface area (Å²) in [6, 6.07) is 7.46. The molecule has 3 amide bonds. The molecular weight excluding hydrogens is 258 g/mol. The molecule has 104 valence electrons. The molecule has 1 unspecified atom stereocenters. The van der Waals surface area contributed by atoms with Crippen molar-refractivity contribution < 1.29 is 14.4 Å². The molecule has 2 aliphatic heterocycles. The molecule has 1 saturated heterocycles. The average molecular weight is 273 g/mol. The first-order valence-electron chi connectivity index (χ1n) is 6.50. The van der Waals surface area contributed by atoms with E-state index in [1.807, 2.05) is 24.3 Å². The van der Waals surface area contributed by atoms with Crippen LogP contribution in [0.25, 0.3) is 0 Å². The van der Waals surface area contributed by atoms with Crippen molar-refractivity contribution in [1.82, 2.24) is 4.90 Å². The van der Waals surface area contributed by atoms with Gasteiger partial charge < -0.3 is 16.0 Å². The Morgan fingerprint density at radius 3 is 2.85 bits per heavy atom. The van der Waals surface area contributed by atoms with Gasteiger partial charge in [0.25, 0.3) is 0 Å². The Morgan fingerprint density at radius 2 is 2.10 bits per heavy atom. The van der Waals surface area contributed by atoms with Crippen molar-refractivity contribution in [2.24, 2.45) is 5.73 Å². The fourth-order valence-corrected chi connectivity index (χ4v) is 3.08. The first-order chi connectivity index (χ1) is 9.53. The number of nitrogens with one attached hydrogen (secondary N) is 1. The van der Waals surface area contributed by atoms with Crippen LogP contribution in [-0.2, 0) is 19.8 Å². The van der Waals surface area contributed by atoms with E-state index in [4.69, 9.17) is 5.73 Å². The number of nitrogens with two attached hydrogens (primary N) is 1. The van der Waals surface area contributed by atoms with Gasteiger partial charge in [-0.2, -0.15) is 0 Å². The van der Waals surface area contributed by atoms with E-state index < -0.39 is 11.3 Å². The lowest BCUT2D eigenvalue weighted by Crippen LogP contribution is -2.54. The number of para-hydroxylation sites is 1. The summed E-state index contributed by atoms with van der Waals surface area (Å²) >= 11 is 0. The van der Waals surface area contributed by atoms with Gasteiger partial charge in [-0.3, -0.25) is 14.4 Å². The molecule has 6 nitrogen and oxygen atoms in total. The molecule has 0 radical (unpaired) electrons. The van der Waals surface area contributed by atoms with Crippen molar-refractivity contribution >= 4 is 23.4 Å². The minimum absolute atomic E-state index is 0.110. The van der Waals surface area contributed by atoms with Crippen LogP contribution in [0.3, 0.4) is 0 Å². The number of amides is 3. The molecule has 3 rings (SSSR count). The van der Waals surface area contributed by atoms with Gasteiger partial charge in [-0.05, 0) is 18.1 Å². The maximum absolute atomic E-state index is 12.4. The second-order valence-corrected chi connectivity index (χ2v) is 5.30. The number of hydrogen-bond donors (Lipinski definition) is 2. The summed E-state index contributed by atoms with van der Waals surface area (Å²) < 4.78 is 0. The van der Waals surface area contributed by atoms with Crippen molar-refractivity contribution in [3.63, 3.8) is 0 Å². The summed E-state index contributed by atoms with van der Waals surface area (Å²) in [4.78, 5) is 36.7. The first-order valence-corrected chi connectivity index (χ1v) is 6.50. The largest absolute Gasteiger partial charge is 0.368 e. The minimum Gasteiger partial charge on any atom is -0.368 e. The molecule has 1 spiro atoms. The smallest absolute Gasteiger partial charge is 0.237 e. The molecule has 0 aromatic heterocycles. The van der Waals surface area contributed by atoms with Crippen LogP contribution in [0.15, 0.2) is 24.3 Å². The van der Waals surface area contributed by atoms with Crippen LogP contribution in [0.2, 0.25) is 0 Å². The molecule has 1 fully saturated rings. The number of nitrogens with zero attached hydrogens (tertiary/aromatic N) is 1. The lowest BCUT2D eigenvalue weighted by molar-refractivity contribution is -0.141. The summed E-state index contributed by atoms with van der Waals surface area (Å²) in [6.45, 7) is 0.0631. The molecule has 1 aromatic rings. The number of carbonyl (C=O) groups is 3. The number of carbonyl (C=O) groups excluding carboxylic acids is 3. The fourth-order valence-electron chi connectivity index (χ4n) is 3.08. The molecule has 3 N–H and O–H groups in total. The van der Waals surface area contributed by atoms with Crippen LogP contribution in [0.4, 0.5) is 5.69 Å². The molecular formula is C14H15N3O3. The molecule has 1 aromatic carbocycles. The normalized spacial score (nSPS) is 24.7. The molecule has 1 atom stereocenters. The Hall–Kier alpha value is -2.37. The molecule has 20 heavy (non-hydrogen) atoms. The van der Waals surface area contributed by atoms with E-state index in [-0.39, 0.29) is 31.3 Å². The van der Waals surface area contributed by atoms with Crippen molar-refractivity contribution in [3.8, 4) is 0 Å². The lowest BCUT2D eigenvalue weighted by Gasteiger charge is -2.38. The van der Waals surface area contributed by atoms with Crippen molar-refractivity contribution in [2.45, 2.75) is 18.3 Å². The van der Waals surface area contributed by atoms with E-state index in [9.17, 15) is 14.4 Å². The van der Waals surface area contributed by atoms with Gasteiger partial charge in [0, 0.05) is 18.7 Å². The third-order valence-electron chi connectivity index (χ3n) is 4.05. The fraction of sp³-hybridized carbons (Fsp3) is 0.357. The number of rotatable bonds is 2. The molecule has 0 bridgehead atoms. The van der Waals surface area contributed by atoms with Crippen LogP contribution >= 0.6 is 0 Å². The number of anilines is 1. The zero-order valence-electron chi connectivity index (χ0n) is 10.9. The molecule has 2 aliphatic rings. The van der Waals surface area contributed by atoms with Crippen LogP contribution < -0.4 is 11.1 Å². The zero-order valence-corrected chi connectivity index (χ0v) is 10.9. The van der Waals surface area contributed by atoms with Gasteiger partial charge in [0.15, 0.2) is 0 Å². The topological polar surface area (TPSA) is 92.5 Å². The number of benzene rings is 1. The van der Waals surface area contributed by atoms with E-state index in [2.05, 4.69) is 5.32 Å². The Kier molecular flexibility index (Phi) is 2.74. The highest BCUT2D eigenvalue weighted by atomic mass is 16.2. The maximum Gasteiger partial charge on any atom is 0.237 e. The molecule has 0 aliphatic carbocycles. The number of fused-ring (bicyclic) bond motifs is 2. The third kappa shape index (κ3) is 1.76. The van der Waals surface area contributed by atoms with Crippen molar-refractivity contribution in [1.29, 1.82) is 0 Å². The van der Waals surface area contributed by atoms with Crippen LogP contribution in [0, 0.1) is 0 Å². The van der Waals surface area contributed by atoms with Crippen molar-refractivity contribution in [2.75, 3.05) is 18.4 Å². The molecule has 6 heteroatoms. The standard InChI is InChI=1S/C14H15N3O3/c15-11(18)7-17-8-14(6-5-12(17)19)9-3-1-2-4-10(9)16-13(14)20/h1-4H,5-8H2,(H2,15,18)(H,16,20). The van der Waals surface area contributed by atoms with E-state index >= 15 is 0 Å². The Morgan fingerprint density at radius 1 is 1.35 bits per heavy atom. The maximum atomic E-state index is 12.4. The number of piperidine rings is 1. The third-order valence-corrected chi connectivity index (χ3v) is 4.05. The minimum atomic E-state index is -0.750. The molecule has 0 saturated carbocycles. The van der Waals surface area contributed by atoms with Gasteiger partial charge in [-0.25, -0.2) is 0 Å². The van der Waals surface area contributed by atoms with Gasteiger partial charge in [-0.15, -0.1) is 0 Å². The van der Waals surface area contributed by atoms with Gasteiger partial charge in [-0.1, -0.05) is 18.2 Å². The Labute approximate surface area is 115 Å². The van der Waals surface area contributed by atoms with E-state index in [0.29, 0.717) is 6.42 Å². The first kappa shape index (κ1) is 12.7. The van der Waals surface area contributed by atoms with Gasteiger partial charge >= 0.3 is 0 Å². The summed E-state index contributed by atoms with van der Waals surface area (Å²) in [7, 11) is 0. The monoisotopic (exact) mass is 273 g/mol. The highest BCUT2D eigenvalue weighted by Crippen LogP contribution is 2.43. The number of hydrogen-bond acceptors (Lipinski definition) is 3. The summed E-state index contributed by atoms with van der Waals surface area (Å²) in [6.07, 6.45) is 0.707. The average Bonchev–Trinajstić information content (AvgIpc) is 2.67. The Balaban J connectivity index is 1.98. The highest BCUT2D eigenvalue weighted by molar-refractivity contribution is 6.07. The van der Waals surface area contributed by atoms with Gasteiger partial charge in [0.1, 0.15) is 0 Å². The second kappa shape index (κ2) is 4.33. The van der Waals surface area contributed by atoms with E-state index in [0.717, 1.165) is 11.3 Å². The zero-order chi connectivity index (χ0) is 14.3. The van der Waals surface area contributed by atoms with Crippen LogP contribution in [0.1, 0.15) is 18.4 Å². The van der Waals surface area contributed by atoms with Crippen LogP contribution in [0.5, 0.6) is 0 Å². The highest BCUT2D eigenvalue weighted by Gasteiger charge is 2.50. The van der Waals surface area contributed by atoms with Crippen LogP contribution in [-0.4, -0.2) is 35.7 Å². The Bertz CT molecular complexity index is 613. The predicted molar refractivity (Wildman–Crippen MR) is 71.8 cm³/mol. The number of primary amides is 1. The van der Waals surface area contributed by atoms with E-state index in [1.165, 1.54) is 4.90 Å². The van der Waals surface area contributed by atoms with Gasteiger partial charge in [0.05, 0.1) is 12.0 Å². The quantitative estimate of drug-likeness (QED) is 0.793. The van der Waals surface area contributed by atoms with E-state index in [1.54, 1.807) is 0 Å². The molecule has 2 heterocycles. The summed E-state index contributed by atoms with van der Waals surface area (Å²) in [5.74, 6) is -0.811. The number of likely N-dealkylation sites (tertiary alicyclic amines) is 1. The van der Waals surface area contributed by atoms with Crippen molar-refractivity contribution in [3.05, 3.63) is 29.8 Å². The van der Waals surface area contributed by atoms with Gasteiger partial charge in [0.2, 0.25) is 17.7 Å². The lowest BCUT2D eigenvalue weighted by atomic mass is 9.75. The predicted octanol–water partition coefficient (Wildman–Crippen LogP) is -0.0158. The second-order valence-electron chi connectivity index (χ2n) is 5.30.